The van der Waals surface area contributed by atoms with Crippen LogP contribution in [0.25, 0.3) is 5.00 Å². The average Bonchev–Trinajstić information content (AvgIpc) is 3.57. The Morgan fingerprint density at radius 1 is 1.22 bits per heavy atom. The van der Waals surface area contributed by atoms with Gasteiger partial charge in [-0.15, -0.1) is 21.5 Å². The number of thiophene rings is 1. The van der Waals surface area contributed by atoms with Gasteiger partial charge in [0.2, 0.25) is 0 Å². The molecule has 2 aliphatic rings. The van der Waals surface area contributed by atoms with Crippen molar-refractivity contribution in [2.75, 3.05) is 6.54 Å². The normalized spacial score (nSPS) is 14.9. The molecule has 2 aliphatic heterocycles. The Kier molecular flexibility index (Phi) is 5.71. The number of aromatic nitrogens is 4. The number of hydrogen-bond donors (Lipinski definition) is 2. The molecular formula is C23H20ClN7O2S3. The average molecular weight is 558 g/mol. The Labute approximate surface area is 221 Å². The first-order chi connectivity index (χ1) is 17.3. The topological polar surface area (TPSA) is 108 Å². The number of aryl methyl sites for hydroxylation is 1. The van der Waals surface area contributed by atoms with Gasteiger partial charge in [0.05, 0.1) is 12.3 Å². The molecule has 0 fully saturated rings. The summed E-state index contributed by atoms with van der Waals surface area (Å²) < 4.78 is 29.9. The van der Waals surface area contributed by atoms with E-state index in [0.29, 0.717) is 31.1 Å². The predicted octanol–water partition coefficient (Wildman–Crippen LogP) is 3.59. The van der Waals surface area contributed by atoms with E-state index in [9.17, 15) is 8.42 Å². The Morgan fingerprint density at radius 3 is 2.83 bits per heavy atom. The van der Waals surface area contributed by atoms with Crippen molar-refractivity contribution in [2.24, 2.45) is 4.99 Å². The molecule has 0 atom stereocenters. The van der Waals surface area contributed by atoms with Gasteiger partial charge in [-0.1, -0.05) is 29.8 Å². The molecule has 0 amide bonds. The Hall–Kier alpha value is -3.06. The Balaban J connectivity index is 1.40. The van der Waals surface area contributed by atoms with Crippen molar-refractivity contribution in [1.29, 1.82) is 0 Å². The second-order valence-electron chi connectivity index (χ2n) is 8.44. The van der Waals surface area contributed by atoms with Gasteiger partial charge in [-0.05, 0) is 49.3 Å². The number of nitrogens with one attached hydrogen (secondary N) is 2. The zero-order chi connectivity index (χ0) is 25.0. The molecule has 0 spiro atoms. The maximum Gasteiger partial charge on any atom is 0.279 e. The van der Waals surface area contributed by atoms with Crippen LogP contribution in [0, 0.1) is 6.92 Å². The molecule has 4 aromatic rings. The number of fused-ring (bicyclic) bond motifs is 5. The lowest BCUT2D eigenvalue weighted by molar-refractivity contribution is 0.398. The van der Waals surface area contributed by atoms with E-state index in [1.165, 1.54) is 11.6 Å². The van der Waals surface area contributed by atoms with E-state index in [-0.39, 0.29) is 10.1 Å². The van der Waals surface area contributed by atoms with Crippen molar-refractivity contribution in [3.05, 3.63) is 80.8 Å². The number of halogens is 1. The third-order valence-corrected chi connectivity index (χ3v) is 9.56. The summed E-state index contributed by atoms with van der Waals surface area (Å²) in [5, 5.41) is 10.5. The molecule has 0 saturated heterocycles. The van der Waals surface area contributed by atoms with Gasteiger partial charge in [0.25, 0.3) is 10.0 Å². The molecule has 9 nitrogen and oxygen atoms in total. The van der Waals surface area contributed by atoms with Gasteiger partial charge in [0, 0.05) is 33.8 Å². The number of H-pyrrole nitrogens is 1. The van der Waals surface area contributed by atoms with E-state index in [0.717, 1.165) is 38.4 Å². The predicted molar refractivity (Wildman–Crippen MR) is 143 cm³/mol. The van der Waals surface area contributed by atoms with Gasteiger partial charge in [0.1, 0.15) is 17.4 Å². The highest BCUT2D eigenvalue weighted by Crippen LogP contribution is 2.40. The van der Waals surface area contributed by atoms with Crippen LogP contribution in [0.2, 0.25) is 5.02 Å². The first-order valence-electron chi connectivity index (χ1n) is 11.1. The minimum Gasteiger partial charge on any atom is -0.351 e. The number of benzene rings is 1. The summed E-state index contributed by atoms with van der Waals surface area (Å²) in [6, 6.07) is 10.8. The van der Waals surface area contributed by atoms with Crippen molar-refractivity contribution >= 4 is 56.0 Å². The lowest BCUT2D eigenvalue weighted by Gasteiger charge is -2.29. The fourth-order valence-electron chi connectivity index (χ4n) is 4.55. The van der Waals surface area contributed by atoms with Crippen LogP contribution in [0.15, 0.2) is 52.6 Å². The van der Waals surface area contributed by atoms with Gasteiger partial charge in [-0.3, -0.25) is 14.3 Å². The van der Waals surface area contributed by atoms with Crippen LogP contribution in [-0.2, 0) is 29.5 Å². The quantitative estimate of drug-likeness (QED) is 0.373. The number of aliphatic imine (C=N–C) groups is 1. The summed E-state index contributed by atoms with van der Waals surface area (Å²) in [7, 11) is -3.78. The molecular weight excluding hydrogens is 538 g/mol. The molecule has 184 valence electrons. The standard InChI is InChI=1S/C23H20ClN7O2S3/c1-13-27-28-18-11-26-21(14-5-2-3-6-16(14)24)20-15-8-10-30(12-17(15)35-22(20)31(13)18)23(34)29-36(32,33)19-7-4-9-25-19/h2-7,9,25H,8,10-12H2,1H3,(H,29,34). The van der Waals surface area contributed by atoms with Crippen LogP contribution < -0.4 is 4.72 Å². The molecule has 3 aromatic heterocycles. The van der Waals surface area contributed by atoms with E-state index in [1.54, 1.807) is 23.6 Å². The summed E-state index contributed by atoms with van der Waals surface area (Å²) >= 11 is 13.7. The molecule has 13 heteroatoms. The molecule has 6 rings (SSSR count). The zero-order valence-corrected chi connectivity index (χ0v) is 22.2. The van der Waals surface area contributed by atoms with Crippen molar-refractivity contribution < 1.29 is 8.42 Å². The minimum absolute atomic E-state index is 0.0709. The fraction of sp³-hybridized carbons (Fsp3) is 0.217. The third-order valence-electron chi connectivity index (χ3n) is 6.25. The number of aromatic amines is 1. The largest absolute Gasteiger partial charge is 0.351 e. The Bertz CT molecular complexity index is 1640. The van der Waals surface area contributed by atoms with E-state index < -0.39 is 10.0 Å². The van der Waals surface area contributed by atoms with Gasteiger partial charge in [-0.2, -0.15) is 8.42 Å². The molecule has 5 heterocycles. The monoisotopic (exact) mass is 557 g/mol. The number of rotatable bonds is 3. The highest BCUT2D eigenvalue weighted by Gasteiger charge is 2.33. The highest BCUT2D eigenvalue weighted by atomic mass is 35.5. The van der Waals surface area contributed by atoms with E-state index in [1.807, 2.05) is 36.1 Å². The molecule has 0 radical (unpaired) electrons. The summed E-state index contributed by atoms with van der Waals surface area (Å²) in [5.41, 5.74) is 3.90. The highest BCUT2D eigenvalue weighted by molar-refractivity contribution is 7.91. The molecule has 0 aliphatic carbocycles. The lowest BCUT2D eigenvalue weighted by atomic mass is 9.95. The first kappa shape index (κ1) is 23.3. The van der Waals surface area contributed by atoms with Gasteiger partial charge in [-0.25, -0.2) is 0 Å². The van der Waals surface area contributed by atoms with Crippen LogP contribution in [-0.4, -0.2) is 50.4 Å². The minimum atomic E-state index is -3.78. The number of hydrogen-bond acceptors (Lipinski definition) is 7. The van der Waals surface area contributed by atoms with Crippen LogP contribution in [0.3, 0.4) is 0 Å². The molecule has 36 heavy (non-hydrogen) atoms. The molecule has 1 aromatic carbocycles. The zero-order valence-electron chi connectivity index (χ0n) is 19.0. The molecule has 2 N–H and O–H groups in total. The maximum atomic E-state index is 12.7. The van der Waals surface area contributed by atoms with Crippen molar-refractivity contribution in [2.45, 2.75) is 31.5 Å². The number of thiocarbonyl (C=S) groups is 1. The third kappa shape index (κ3) is 3.84. The van der Waals surface area contributed by atoms with Crippen molar-refractivity contribution in [3.63, 3.8) is 0 Å². The first-order valence-corrected chi connectivity index (χ1v) is 14.2. The van der Waals surface area contributed by atoms with Crippen LogP contribution in [0.1, 0.15) is 33.2 Å². The summed E-state index contributed by atoms with van der Waals surface area (Å²) in [6.45, 7) is 3.36. The van der Waals surface area contributed by atoms with Crippen molar-refractivity contribution in [3.8, 4) is 5.00 Å². The summed E-state index contributed by atoms with van der Waals surface area (Å²) in [4.78, 5) is 10.6. The second-order valence-corrected chi connectivity index (χ2v) is 12.0. The maximum absolute atomic E-state index is 12.7. The van der Waals surface area contributed by atoms with Crippen LogP contribution in [0.5, 0.6) is 0 Å². The molecule has 0 bridgehead atoms. The molecule has 0 unspecified atom stereocenters. The number of sulfonamides is 1. The SMILES string of the molecule is Cc1nnc2n1-c1sc3c(c1C(c1ccccc1Cl)=NC2)CCN(C(=S)NS(=O)(=O)c1ccc[nH]1)C3. The van der Waals surface area contributed by atoms with Gasteiger partial charge in [0.15, 0.2) is 16.0 Å². The van der Waals surface area contributed by atoms with E-state index in [2.05, 4.69) is 24.5 Å². The number of nitrogens with zero attached hydrogens (tertiary/aromatic N) is 5. The summed E-state index contributed by atoms with van der Waals surface area (Å²) in [5.74, 6) is 1.55. The summed E-state index contributed by atoms with van der Waals surface area (Å²) in [6.07, 6.45) is 2.23. The van der Waals surface area contributed by atoms with Crippen molar-refractivity contribution in [1.82, 2.24) is 29.4 Å². The smallest absolute Gasteiger partial charge is 0.279 e. The lowest BCUT2D eigenvalue weighted by Crippen LogP contribution is -2.44. The fourth-order valence-corrected chi connectivity index (χ4v) is 7.65. The Morgan fingerprint density at radius 2 is 2.06 bits per heavy atom. The van der Waals surface area contributed by atoms with E-state index in [4.69, 9.17) is 28.8 Å². The molecule has 0 saturated carbocycles. The second kappa shape index (κ2) is 8.80. The van der Waals surface area contributed by atoms with Gasteiger partial charge >= 0.3 is 0 Å². The van der Waals surface area contributed by atoms with Crippen LogP contribution in [0.4, 0.5) is 0 Å². The van der Waals surface area contributed by atoms with Gasteiger partial charge < -0.3 is 9.88 Å². The van der Waals surface area contributed by atoms with Crippen LogP contribution >= 0.6 is 35.2 Å². The van der Waals surface area contributed by atoms with E-state index >= 15 is 0 Å².